The summed E-state index contributed by atoms with van der Waals surface area (Å²) in [6.07, 6.45) is -0.969. The molecule has 0 radical (unpaired) electrons. The van der Waals surface area contributed by atoms with Crippen LogP contribution in [-0.4, -0.2) is 26.8 Å². The zero-order chi connectivity index (χ0) is 9.14. The fourth-order valence-corrected chi connectivity index (χ4v) is 0.984. The van der Waals surface area contributed by atoms with E-state index in [0.29, 0.717) is 0 Å². The molecule has 0 spiro atoms. The van der Waals surface area contributed by atoms with Crippen LogP contribution in [0, 0.1) is 13.8 Å². The molecule has 66 valence electrons. The van der Waals surface area contributed by atoms with Crippen LogP contribution in [0.5, 0.6) is 0 Å². The van der Waals surface area contributed by atoms with Crippen molar-refractivity contribution in [3.8, 4) is 0 Å². The van der Waals surface area contributed by atoms with Gasteiger partial charge in [0.2, 0.25) is 0 Å². The van der Waals surface area contributed by atoms with Crippen LogP contribution < -0.4 is 0 Å². The Hall–Kier alpha value is -1.00. The molecule has 1 unspecified atom stereocenters. The van der Waals surface area contributed by atoms with Crippen molar-refractivity contribution in [1.82, 2.24) is 9.97 Å². The Morgan fingerprint density at radius 1 is 1.33 bits per heavy atom. The Bertz CT molecular complexity index is 256. The molecule has 0 aliphatic heterocycles. The predicted octanol–water partition coefficient (Wildman–Crippen LogP) is 0.119. The van der Waals surface area contributed by atoms with Crippen molar-refractivity contribution in [2.75, 3.05) is 6.61 Å². The first-order valence-corrected chi connectivity index (χ1v) is 3.74. The SMILES string of the molecule is Cc1cc(C)nc(C(O)CO)n1. The first-order chi connectivity index (χ1) is 5.63. The van der Waals surface area contributed by atoms with Gasteiger partial charge in [-0.05, 0) is 19.9 Å². The second-order valence-electron chi connectivity index (χ2n) is 2.71. The molecule has 1 heterocycles. The van der Waals surface area contributed by atoms with Gasteiger partial charge in [-0.15, -0.1) is 0 Å². The number of aryl methyl sites for hydroxylation is 2. The van der Waals surface area contributed by atoms with E-state index in [2.05, 4.69) is 9.97 Å². The van der Waals surface area contributed by atoms with Gasteiger partial charge in [-0.25, -0.2) is 9.97 Å². The molecule has 0 amide bonds. The van der Waals surface area contributed by atoms with Crippen LogP contribution in [0.15, 0.2) is 6.07 Å². The number of hydrogen-bond donors (Lipinski definition) is 2. The van der Waals surface area contributed by atoms with Crippen molar-refractivity contribution < 1.29 is 10.2 Å². The Balaban J connectivity index is 3.00. The van der Waals surface area contributed by atoms with Gasteiger partial charge in [0.25, 0.3) is 0 Å². The van der Waals surface area contributed by atoms with Crippen LogP contribution in [-0.2, 0) is 0 Å². The minimum Gasteiger partial charge on any atom is -0.393 e. The van der Waals surface area contributed by atoms with E-state index in [1.54, 1.807) is 0 Å². The zero-order valence-electron chi connectivity index (χ0n) is 7.15. The summed E-state index contributed by atoms with van der Waals surface area (Å²) in [6.45, 7) is 3.30. The van der Waals surface area contributed by atoms with Crippen molar-refractivity contribution in [3.05, 3.63) is 23.3 Å². The lowest BCUT2D eigenvalue weighted by molar-refractivity contribution is 0.0883. The Kier molecular flexibility index (Phi) is 2.73. The molecule has 4 nitrogen and oxygen atoms in total. The second kappa shape index (κ2) is 3.60. The standard InChI is InChI=1S/C8H12N2O2/c1-5-3-6(2)10-8(9-5)7(12)4-11/h3,7,11-12H,4H2,1-2H3. The molecule has 2 N–H and O–H groups in total. The Morgan fingerprint density at radius 2 is 1.83 bits per heavy atom. The smallest absolute Gasteiger partial charge is 0.159 e. The lowest BCUT2D eigenvalue weighted by Crippen LogP contribution is -2.09. The lowest BCUT2D eigenvalue weighted by atomic mass is 10.3. The van der Waals surface area contributed by atoms with Crippen LogP contribution in [0.2, 0.25) is 0 Å². The van der Waals surface area contributed by atoms with Gasteiger partial charge < -0.3 is 10.2 Å². The lowest BCUT2D eigenvalue weighted by Gasteiger charge is -2.06. The first-order valence-electron chi connectivity index (χ1n) is 3.74. The number of aliphatic hydroxyl groups excluding tert-OH is 2. The van der Waals surface area contributed by atoms with E-state index in [9.17, 15) is 5.11 Å². The fraction of sp³-hybridized carbons (Fsp3) is 0.500. The van der Waals surface area contributed by atoms with Gasteiger partial charge in [-0.3, -0.25) is 0 Å². The second-order valence-corrected chi connectivity index (χ2v) is 2.71. The van der Waals surface area contributed by atoms with Gasteiger partial charge in [0.05, 0.1) is 6.61 Å². The van der Waals surface area contributed by atoms with Crippen LogP contribution in [0.3, 0.4) is 0 Å². The molecule has 0 aromatic carbocycles. The third-order valence-electron chi connectivity index (χ3n) is 1.47. The van der Waals surface area contributed by atoms with Crippen molar-refractivity contribution in [2.24, 2.45) is 0 Å². The van der Waals surface area contributed by atoms with Crippen LogP contribution in [0.1, 0.15) is 23.3 Å². The van der Waals surface area contributed by atoms with Crippen LogP contribution in [0.4, 0.5) is 0 Å². The van der Waals surface area contributed by atoms with Crippen LogP contribution in [0.25, 0.3) is 0 Å². The maximum atomic E-state index is 9.20. The summed E-state index contributed by atoms with van der Waals surface area (Å²) in [6, 6.07) is 1.81. The van der Waals surface area contributed by atoms with E-state index in [-0.39, 0.29) is 12.4 Å². The molecule has 12 heavy (non-hydrogen) atoms. The maximum Gasteiger partial charge on any atom is 0.159 e. The normalized spacial score (nSPS) is 13.0. The van der Waals surface area contributed by atoms with Gasteiger partial charge in [-0.1, -0.05) is 0 Å². The number of aromatic nitrogens is 2. The highest BCUT2D eigenvalue weighted by atomic mass is 16.3. The molecule has 1 aromatic rings. The predicted molar refractivity (Wildman–Crippen MR) is 43.6 cm³/mol. The first kappa shape index (κ1) is 9.09. The van der Waals surface area contributed by atoms with Gasteiger partial charge >= 0.3 is 0 Å². The topological polar surface area (TPSA) is 66.2 Å². The summed E-state index contributed by atoms with van der Waals surface area (Å²) in [5, 5.41) is 17.8. The number of hydrogen-bond acceptors (Lipinski definition) is 4. The minimum absolute atomic E-state index is 0.287. The summed E-state index contributed by atoms with van der Waals surface area (Å²) in [4.78, 5) is 7.97. The monoisotopic (exact) mass is 168 g/mol. The average Bonchev–Trinajstić information content (AvgIpc) is 2.01. The summed E-state index contributed by atoms with van der Waals surface area (Å²) in [5.41, 5.74) is 1.59. The molecule has 0 saturated carbocycles. The van der Waals surface area contributed by atoms with Gasteiger partial charge in [0.1, 0.15) is 6.10 Å². The van der Waals surface area contributed by atoms with Crippen LogP contribution >= 0.6 is 0 Å². The van der Waals surface area contributed by atoms with E-state index in [1.165, 1.54) is 0 Å². The number of rotatable bonds is 2. The third-order valence-corrected chi connectivity index (χ3v) is 1.47. The molecule has 4 heteroatoms. The van der Waals surface area contributed by atoms with Gasteiger partial charge in [0, 0.05) is 11.4 Å². The fourth-order valence-electron chi connectivity index (χ4n) is 0.984. The highest BCUT2D eigenvalue weighted by Crippen LogP contribution is 2.07. The molecule has 0 bridgehead atoms. The summed E-state index contributed by atoms with van der Waals surface area (Å²) < 4.78 is 0. The number of nitrogens with zero attached hydrogens (tertiary/aromatic N) is 2. The molecular weight excluding hydrogens is 156 g/mol. The molecule has 0 saturated heterocycles. The quantitative estimate of drug-likeness (QED) is 0.658. The highest BCUT2D eigenvalue weighted by Gasteiger charge is 2.09. The molecular formula is C8H12N2O2. The van der Waals surface area contributed by atoms with Crippen molar-refractivity contribution in [2.45, 2.75) is 20.0 Å². The van der Waals surface area contributed by atoms with Gasteiger partial charge in [-0.2, -0.15) is 0 Å². The summed E-state index contributed by atoms with van der Waals surface area (Å²) in [5.74, 6) is 0.287. The molecule has 0 aliphatic carbocycles. The Morgan fingerprint density at radius 3 is 2.25 bits per heavy atom. The highest BCUT2D eigenvalue weighted by molar-refractivity contribution is 5.09. The van der Waals surface area contributed by atoms with E-state index < -0.39 is 6.10 Å². The van der Waals surface area contributed by atoms with Crippen molar-refractivity contribution >= 4 is 0 Å². The summed E-state index contributed by atoms with van der Waals surface area (Å²) in [7, 11) is 0. The van der Waals surface area contributed by atoms with Crippen molar-refractivity contribution in [1.29, 1.82) is 0 Å². The molecule has 1 atom stereocenters. The third kappa shape index (κ3) is 1.99. The van der Waals surface area contributed by atoms with E-state index >= 15 is 0 Å². The molecule has 0 aliphatic rings. The largest absolute Gasteiger partial charge is 0.393 e. The molecule has 1 aromatic heterocycles. The zero-order valence-corrected chi connectivity index (χ0v) is 7.15. The van der Waals surface area contributed by atoms with E-state index in [0.717, 1.165) is 11.4 Å². The molecule has 0 fully saturated rings. The molecule has 1 rings (SSSR count). The van der Waals surface area contributed by atoms with E-state index in [1.807, 2.05) is 19.9 Å². The van der Waals surface area contributed by atoms with Gasteiger partial charge in [0.15, 0.2) is 5.82 Å². The Labute approximate surface area is 70.9 Å². The number of aliphatic hydroxyl groups is 2. The average molecular weight is 168 g/mol. The van der Waals surface area contributed by atoms with Crippen molar-refractivity contribution in [3.63, 3.8) is 0 Å². The maximum absolute atomic E-state index is 9.20. The van der Waals surface area contributed by atoms with E-state index in [4.69, 9.17) is 5.11 Å². The summed E-state index contributed by atoms with van der Waals surface area (Å²) >= 11 is 0. The minimum atomic E-state index is -0.969.